The van der Waals surface area contributed by atoms with Gasteiger partial charge in [0.15, 0.2) is 0 Å². The fourth-order valence-electron chi connectivity index (χ4n) is 9.44. The van der Waals surface area contributed by atoms with Gasteiger partial charge in [0.2, 0.25) is 0 Å². The lowest BCUT2D eigenvalue weighted by molar-refractivity contribution is 1.18. The average molecular weight is 834 g/mol. The number of anilines is 6. The lowest BCUT2D eigenvalue weighted by Gasteiger charge is -2.28. The molecule has 0 atom stereocenters. The zero-order chi connectivity index (χ0) is 46.6. The summed E-state index contributed by atoms with van der Waals surface area (Å²) in [7, 11) is 0. The second-order valence-electron chi connectivity index (χ2n) is 16.2. The van der Waals surface area contributed by atoms with E-state index in [4.69, 9.17) is 0 Å². The van der Waals surface area contributed by atoms with Crippen LogP contribution in [0.15, 0.2) is 261 Å². The highest BCUT2D eigenvalue weighted by atomic mass is 15.1. The molecule has 0 bridgehead atoms. The van der Waals surface area contributed by atoms with Crippen molar-refractivity contribution in [3.8, 4) is 27.9 Å². The lowest BCUT2D eigenvalue weighted by Crippen LogP contribution is -2.10. The lowest BCUT2D eigenvalue weighted by atomic mass is 9.96. The summed E-state index contributed by atoms with van der Waals surface area (Å²) in [5, 5.41) is 5.93. The Hall–Kier alpha value is -8.66. The topological polar surface area (TPSA) is 11.4 Å². The fraction of sp³-hybridized carbons (Fsp3) is 0. The fourth-order valence-corrected chi connectivity index (χ4v) is 9.44. The van der Waals surface area contributed by atoms with Gasteiger partial charge in [-0.1, -0.05) is 176 Å². The van der Waals surface area contributed by atoms with E-state index in [-0.39, 0.29) is 35.4 Å². The van der Waals surface area contributed by atoms with Crippen molar-refractivity contribution in [2.24, 2.45) is 0 Å². The van der Waals surface area contributed by atoms with E-state index in [0.717, 1.165) is 88.6 Å². The summed E-state index contributed by atoms with van der Waals surface area (Å²) in [5.41, 5.74) is 10.9. The number of para-hydroxylation sites is 3. The average Bonchev–Trinajstić information content (AvgIpc) is 3.74. The van der Waals surface area contributed by atoms with E-state index >= 15 is 0 Å². The van der Waals surface area contributed by atoms with Gasteiger partial charge < -0.3 is 14.4 Å². The van der Waals surface area contributed by atoms with Crippen LogP contribution in [0.5, 0.6) is 0 Å². The van der Waals surface area contributed by atoms with Gasteiger partial charge in [0.05, 0.1) is 27.9 Å². The maximum atomic E-state index is 9.74. The second-order valence-corrected chi connectivity index (χ2v) is 16.2. The third-order valence-electron chi connectivity index (χ3n) is 12.4. The van der Waals surface area contributed by atoms with Crippen LogP contribution in [0.3, 0.4) is 0 Å². The minimum Gasteiger partial charge on any atom is -0.310 e. The number of hydrogen-bond acceptors (Lipinski definition) is 2. The Morgan fingerprint density at radius 2 is 0.831 bits per heavy atom. The molecule has 0 spiro atoms. The van der Waals surface area contributed by atoms with Gasteiger partial charge in [-0.05, 0) is 118 Å². The Kier molecular flexibility index (Phi) is 8.47. The van der Waals surface area contributed by atoms with Crippen molar-refractivity contribution in [3.05, 3.63) is 261 Å². The monoisotopic (exact) mass is 833 g/mol. The van der Waals surface area contributed by atoms with Gasteiger partial charge in [0.25, 0.3) is 0 Å². The van der Waals surface area contributed by atoms with E-state index in [1.54, 1.807) is 0 Å². The van der Waals surface area contributed by atoms with E-state index in [1.165, 1.54) is 0 Å². The molecule has 1 aromatic heterocycles. The van der Waals surface area contributed by atoms with Crippen molar-refractivity contribution in [1.82, 2.24) is 4.57 Å². The van der Waals surface area contributed by atoms with Gasteiger partial charge in [-0.3, -0.25) is 0 Å². The van der Waals surface area contributed by atoms with E-state index in [1.807, 2.05) is 114 Å². The molecule has 0 N–H and O–H groups in total. The van der Waals surface area contributed by atoms with Crippen molar-refractivity contribution >= 4 is 77.5 Å². The van der Waals surface area contributed by atoms with Crippen LogP contribution in [0.25, 0.3) is 71.3 Å². The molecular formula is C62H43N3. The van der Waals surface area contributed by atoms with Gasteiger partial charge in [-0.2, -0.15) is 0 Å². The molecule has 0 saturated carbocycles. The van der Waals surface area contributed by atoms with Crippen LogP contribution in [0.2, 0.25) is 0 Å². The van der Waals surface area contributed by atoms with Crippen molar-refractivity contribution in [1.29, 1.82) is 0 Å². The number of nitrogens with zero attached hydrogens (tertiary/aromatic N) is 3. The molecule has 11 aromatic carbocycles. The van der Waals surface area contributed by atoms with Crippen LogP contribution in [-0.2, 0) is 0 Å². The summed E-state index contributed by atoms with van der Waals surface area (Å²) >= 11 is 0. The highest BCUT2D eigenvalue weighted by Gasteiger charge is 2.21. The van der Waals surface area contributed by atoms with E-state index < -0.39 is 0 Å². The maximum absolute atomic E-state index is 9.74. The largest absolute Gasteiger partial charge is 0.310 e. The predicted octanol–water partition coefficient (Wildman–Crippen LogP) is 17.4. The Balaban J connectivity index is 1.05. The number of aromatic nitrogens is 1. The highest BCUT2D eigenvalue weighted by molar-refractivity contribution is 6.12. The SMILES string of the molecule is [2H]c1c([2H])c(N(c2ccccc2)c2cccc3ccccc23)c([2H])c([2H])c1-c1cccc2c(N(c3ccc(-c4ccccc4)cc3)c3ccc4c(c3)c3ccccc3n4-c3ccccc3)cccc12. The molecule has 65 heavy (non-hydrogen) atoms. The molecule has 0 aliphatic heterocycles. The summed E-state index contributed by atoms with van der Waals surface area (Å²) < 4.78 is 41.2. The summed E-state index contributed by atoms with van der Waals surface area (Å²) in [4.78, 5) is 4.15. The highest BCUT2D eigenvalue weighted by Crippen LogP contribution is 2.45. The molecule has 1 heterocycles. The molecule has 0 amide bonds. The number of fused-ring (bicyclic) bond motifs is 5. The van der Waals surface area contributed by atoms with Gasteiger partial charge >= 0.3 is 0 Å². The predicted molar refractivity (Wildman–Crippen MR) is 276 cm³/mol. The Morgan fingerprint density at radius 1 is 0.308 bits per heavy atom. The van der Waals surface area contributed by atoms with Crippen LogP contribution in [0.4, 0.5) is 34.1 Å². The van der Waals surface area contributed by atoms with E-state index in [9.17, 15) is 5.48 Å². The first-order valence-electron chi connectivity index (χ1n) is 23.9. The number of hydrogen-bond donors (Lipinski definition) is 0. The molecule has 12 rings (SSSR count). The van der Waals surface area contributed by atoms with Gasteiger partial charge in [0, 0.05) is 50.0 Å². The van der Waals surface area contributed by atoms with Crippen LogP contribution < -0.4 is 9.80 Å². The molecule has 0 aliphatic rings. The molecule has 12 aromatic rings. The Bertz CT molecular complexity index is 3860. The van der Waals surface area contributed by atoms with Crippen LogP contribution in [0, 0.1) is 0 Å². The molecule has 0 fully saturated rings. The van der Waals surface area contributed by atoms with Crippen LogP contribution in [-0.4, -0.2) is 4.57 Å². The third-order valence-corrected chi connectivity index (χ3v) is 12.4. The summed E-state index contributed by atoms with van der Waals surface area (Å²) in [6.07, 6.45) is 0. The number of benzene rings is 11. The zero-order valence-electron chi connectivity index (χ0n) is 39.4. The smallest absolute Gasteiger partial charge is 0.0645 e. The minimum absolute atomic E-state index is 0.112. The first kappa shape index (κ1) is 33.9. The minimum atomic E-state index is -0.126. The van der Waals surface area contributed by atoms with Crippen molar-refractivity contribution < 1.29 is 5.48 Å². The normalized spacial score (nSPS) is 12.2. The third kappa shape index (κ3) is 6.78. The molecule has 3 nitrogen and oxygen atoms in total. The first-order chi connectivity index (χ1) is 33.9. The van der Waals surface area contributed by atoms with Crippen molar-refractivity contribution in [2.75, 3.05) is 9.80 Å². The standard InChI is InChI=1S/C62H43N3/c1-4-17-44(18-5-1)45-33-37-51(38-34-45)64(52-41-42-62-58(43-52)57-26-12-13-30-61(57)65(62)49-23-8-3-9-24-49)60-32-16-28-55-53(27-15-29-56(55)60)47-35-39-50(40-36-47)63(48-21-6-2-7-22-48)59-31-14-20-46-19-10-11-25-54(46)59/h1-43H/i35D,36D,39D,40D. The number of rotatable bonds is 9. The molecule has 0 aliphatic carbocycles. The first-order valence-corrected chi connectivity index (χ1v) is 21.9. The summed E-state index contributed by atoms with van der Waals surface area (Å²) in [6.45, 7) is 0. The van der Waals surface area contributed by atoms with Crippen molar-refractivity contribution in [3.63, 3.8) is 0 Å². The molecule has 0 unspecified atom stereocenters. The van der Waals surface area contributed by atoms with Gasteiger partial charge in [-0.15, -0.1) is 0 Å². The summed E-state index contributed by atoms with van der Waals surface area (Å²) in [6, 6.07) is 80.1. The molecular weight excluding hydrogens is 787 g/mol. The molecule has 306 valence electrons. The zero-order valence-corrected chi connectivity index (χ0v) is 35.4. The maximum Gasteiger partial charge on any atom is 0.0645 e. The van der Waals surface area contributed by atoms with Crippen molar-refractivity contribution in [2.45, 2.75) is 0 Å². The van der Waals surface area contributed by atoms with E-state index in [0.29, 0.717) is 5.56 Å². The molecule has 3 heteroatoms. The second kappa shape index (κ2) is 16.2. The molecule has 0 radical (unpaired) electrons. The van der Waals surface area contributed by atoms with Crippen LogP contribution in [0.1, 0.15) is 5.48 Å². The Labute approximate surface area is 384 Å². The van der Waals surface area contributed by atoms with E-state index in [2.05, 4.69) is 137 Å². The summed E-state index contributed by atoms with van der Waals surface area (Å²) in [5.74, 6) is 0. The van der Waals surface area contributed by atoms with Crippen LogP contribution >= 0.6 is 0 Å². The Morgan fingerprint density at radius 3 is 1.62 bits per heavy atom. The quantitative estimate of drug-likeness (QED) is 0.144. The van der Waals surface area contributed by atoms with Gasteiger partial charge in [-0.25, -0.2) is 0 Å². The van der Waals surface area contributed by atoms with Gasteiger partial charge in [0.1, 0.15) is 0 Å². The molecule has 0 saturated heterocycles.